The van der Waals surface area contributed by atoms with Crippen LogP contribution in [0.3, 0.4) is 0 Å². The minimum atomic E-state index is 0. The first kappa shape index (κ1) is 16.1. The average Bonchev–Trinajstić information content (AvgIpc) is 2.25. The van der Waals surface area contributed by atoms with E-state index in [1.807, 2.05) is 14.1 Å². The lowest BCUT2D eigenvalue weighted by atomic mass is 9.49. The highest BCUT2D eigenvalue weighted by molar-refractivity contribution is 5.85. The van der Waals surface area contributed by atoms with Crippen molar-refractivity contribution in [1.82, 2.24) is 4.90 Å². The molecule has 0 aromatic rings. The highest BCUT2D eigenvalue weighted by Crippen LogP contribution is 2.61. The Morgan fingerprint density at radius 2 is 1.60 bits per heavy atom. The number of nitrogens with zero attached hydrogens (tertiary/aromatic N) is 1. The molecule has 4 aliphatic carbocycles. The first-order valence-electron chi connectivity index (χ1n) is 7.85. The summed E-state index contributed by atoms with van der Waals surface area (Å²) in [6, 6.07) is 0. The van der Waals surface area contributed by atoms with Crippen molar-refractivity contribution in [1.29, 1.82) is 0 Å². The second-order valence-corrected chi connectivity index (χ2v) is 7.62. The second-order valence-electron chi connectivity index (χ2n) is 7.62. The molecular formula is C16H28ClNO2. The molecule has 0 aromatic heterocycles. The number of likely N-dealkylation sites (N-methyl/N-ethyl adjacent to an activating group) is 1. The fraction of sp³-hybridized carbons (Fsp3) is 0.938. The van der Waals surface area contributed by atoms with Crippen molar-refractivity contribution in [3.8, 4) is 0 Å². The Morgan fingerprint density at radius 1 is 1.10 bits per heavy atom. The molecule has 4 aliphatic rings. The number of rotatable bonds is 5. The molecule has 0 unspecified atom stereocenters. The zero-order valence-corrected chi connectivity index (χ0v) is 13.6. The number of carbonyl (C=O) groups excluding carboxylic acids is 1. The number of hydrogen-bond acceptors (Lipinski definition) is 3. The summed E-state index contributed by atoms with van der Waals surface area (Å²) in [5.74, 6) is 2.80. The van der Waals surface area contributed by atoms with Crippen molar-refractivity contribution in [2.75, 3.05) is 27.2 Å². The summed E-state index contributed by atoms with van der Waals surface area (Å²) < 4.78 is 5.41. The third kappa shape index (κ3) is 3.48. The third-order valence-electron chi connectivity index (χ3n) is 5.49. The van der Waals surface area contributed by atoms with Crippen LogP contribution in [-0.4, -0.2) is 38.1 Å². The lowest BCUT2D eigenvalue weighted by molar-refractivity contribution is -0.152. The maximum atomic E-state index is 12.1. The number of ether oxygens (including phenoxy) is 1. The summed E-state index contributed by atoms with van der Waals surface area (Å²) in [6.07, 6.45) is 8.88. The van der Waals surface area contributed by atoms with Gasteiger partial charge >= 0.3 is 5.97 Å². The first-order valence-corrected chi connectivity index (χ1v) is 7.85. The highest BCUT2D eigenvalue weighted by atomic mass is 35.5. The Hall–Kier alpha value is -0.280. The lowest BCUT2D eigenvalue weighted by Crippen LogP contribution is -2.47. The van der Waals surface area contributed by atoms with Gasteiger partial charge in [-0.25, -0.2) is 0 Å². The first-order chi connectivity index (χ1) is 9.05. The van der Waals surface area contributed by atoms with Crippen molar-refractivity contribution in [2.45, 2.75) is 44.9 Å². The molecule has 0 aliphatic heterocycles. The molecule has 0 radical (unpaired) electrons. The topological polar surface area (TPSA) is 29.5 Å². The van der Waals surface area contributed by atoms with Crippen LogP contribution in [0.2, 0.25) is 0 Å². The summed E-state index contributed by atoms with van der Waals surface area (Å²) in [5, 5.41) is 0. The summed E-state index contributed by atoms with van der Waals surface area (Å²) >= 11 is 0. The number of halogens is 1. The Kier molecular flexibility index (Phi) is 5.01. The predicted molar refractivity (Wildman–Crippen MR) is 82.0 cm³/mol. The van der Waals surface area contributed by atoms with E-state index < -0.39 is 0 Å². The number of hydrogen-bond donors (Lipinski definition) is 0. The summed E-state index contributed by atoms with van der Waals surface area (Å²) in [7, 11) is 4.01. The predicted octanol–water partition coefficient (Wildman–Crippen LogP) is 3.12. The molecule has 3 nitrogen and oxygen atoms in total. The Labute approximate surface area is 128 Å². The Bertz CT molecular complexity index is 321. The molecule has 0 aromatic carbocycles. The van der Waals surface area contributed by atoms with Crippen LogP contribution in [0.1, 0.15) is 44.9 Å². The van der Waals surface area contributed by atoms with Crippen LogP contribution in [0.5, 0.6) is 0 Å². The van der Waals surface area contributed by atoms with Gasteiger partial charge < -0.3 is 9.64 Å². The molecule has 0 spiro atoms. The van der Waals surface area contributed by atoms with Gasteiger partial charge in [-0.05, 0) is 75.8 Å². The molecule has 0 heterocycles. The quantitative estimate of drug-likeness (QED) is 0.731. The number of esters is 1. The molecule has 116 valence electrons. The SMILES string of the molecule is CN(C)CCOC(=O)CC12CC3CC(CC(C3)C1)C2.Cl. The summed E-state index contributed by atoms with van der Waals surface area (Å²) in [5.41, 5.74) is 0.323. The van der Waals surface area contributed by atoms with Crippen LogP contribution in [0, 0.1) is 23.2 Å². The normalized spacial score (nSPS) is 37.9. The van der Waals surface area contributed by atoms with E-state index in [0.29, 0.717) is 18.4 Å². The van der Waals surface area contributed by atoms with Crippen LogP contribution in [0.4, 0.5) is 0 Å². The molecule has 0 N–H and O–H groups in total. The summed E-state index contributed by atoms with van der Waals surface area (Å²) in [4.78, 5) is 14.1. The van der Waals surface area contributed by atoms with Gasteiger partial charge in [0, 0.05) is 6.54 Å². The van der Waals surface area contributed by atoms with Crippen molar-refractivity contribution in [3.63, 3.8) is 0 Å². The van der Waals surface area contributed by atoms with Crippen LogP contribution >= 0.6 is 12.4 Å². The largest absolute Gasteiger partial charge is 0.464 e. The van der Waals surface area contributed by atoms with E-state index in [9.17, 15) is 4.79 Å². The van der Waals surface area contributed by atoms with Gasteiger partial charge in [0.2, 0.25) is 0 Å². The van der Waals surface area contributed by atoms with Crippen molar-refractivity contribution < 1.29 is 9.53 Å². The minimum Gasteiger partial charge on any atom is -0.464 e. The van der Waals surface area contributed by atoms with Gasteiger partial charge in [-0.3, -0.25) is 4.79 Å². The standard InChI is InChI=1S/C16H27NO2.ClH/c1-17(2)3-4-19-15(18)11-16-8-12-5-13(9-16)7-14(6-12)10-16;/h12-14H,3-11H2,1-2H3;1H. The van der Waals surface area contributed by atoms with Gasteiger partial charge in [-0.1, -0.05) is 0 Å². The maximum Gasteiger partial charge on any atom is 0.306 e. The van der Waals surface area contributed by atoms with Crippen molar-refractivity contribution in [2.24, 2.45) is 23.2 Å². The molecule has 4 saturated carbocycles. The van der Waals surface area contributed by atoms with Gasteiger partial charge in [0.05, 0.1) is 6.42 Å². The molecule has 4 rings (SSSR count). The zero-order valence-electron chi connectivity index (χ0n) is 12.8. The lowest BCUT2D eigenvalue weighted by Gasteiger charge is -2.56. The molecule has 4 heteroatoms. The number of carbonyl (C=O) groups is 1. The van der Waals surface area contributed by atoms with Gasteiger partial charge in [0.15, 0.2) is 0 Å². The van der Waals surface area contributed by atoms with Gasteiger partial charge in [-0.2, -0.15) is 0 Å². The van der Waals surface area contributed by atoms with Gasteiger partial charge in [-0.15, -0.1) is 12.4 Å². The molecule has 0 atom stereocenters. The third-order valence-corrected chi connectivity index (χ3v) is 5.49. The van der Waals surface area contributed by atoms with Crippen molar-refractivity contribution >= 4 is 18.4 Å². The van der Waals surface area contributed by atoms with E-state index in [-0.39, 0.29) is 18.4 Å². The van der Waals surface area contributed by atoms with E-state index in [1.54, 1.807) is 0 Å². The molecule has 4 fully saturated rings. The fourth-order valence-corrected chi connectivity index (χ4v) is 5.21. The monoisotopic (exact) mass is 301 g/mol. The maximum absolute atomic E-state index is 12.1. The van der Waals surface area contributed by atoms with Crippen LogP contribution < -0.4 is 0 Å². The van der Waals surface area contributed by atoms with Crippen LogP contribution in [-0.2, 0) is 9.53 Å². The van der Waals surface area contributed by atoms with Gasteiger partial charge in [0.1, 0.15) is 6.61 Å². The van der Waals surface area contributed by atoms with E-state index in [2.05, 4.69) is 4.90 Å². The van der Waals surface area contributed by atoms with Crippen molar-refractivity contribution in [3.05, 3.63) is 0 Å². The van der Waals surface area contributed by atoms with E-state index in [4.69, 9.17) is 4.74 Å². The van der Waals surface area contributed by atoms with E-state index >= 15 is 0 Å². The Balaban J connectivity index is 0.00000147. The molecular weight excluding hydrogens is 274 g/mol. The average molecular weight is 302 g/mol. The zero-order chi connectivity index (χ0) is 13.5. The second kappa shape index (κ2) is 6.23. The van der Waals surface area contributed by atoms with Crippen LogP contribution in [0.25, 0.3) is 0 Å². The molecule has 0 saturated heterocycles. The smallest absolute Gasteiger partial charge is 0.306 e. The molecule has 20 heavy (non-hydrogen) atoms. The molecule has 0 amide bonds. The minimum absolute atomic E-state index is 0. The highest BCUT2D eigenvalue weighted by Gasteiger charge is 2.51. The molecule has 4 bridgehead atoms. The van der Waals surface area contributed by atoms with Crippen LogP contribution in [0.15, 0.2) is 0 Å². The summed E-state index contributed by atoms with van der Waals surface area (Å²) in [6.45, 7) is 1.37. The Morgan fingerprint density at radius 3 is 2.05 bits per heavy atom. The van der Waals surface area contributed by atoms with Gasteiger partial charge in [0.25, 0.3) is 0 Å². The van der Waals surface area contributed by atoms with E-state index in [1.165, 1.54) is 38.5 Å². The fourth-order valence-electron chi connectivity index (χ4n) is 5.21. The van der Waals surface area contributed by atoms with E-state index in [0.717, 1.165) is 24.3 Å².